The van der Waals surface area contributed by atoms with Crippen LogP contribution in [0.3, 0.4) is 0 Å². The van der Waals surface area contributed by atoms with Gasteiger partial charge in [0.1, 0.15) is 5.75 Å². The Bertz CT molecular complexity index is 707. The molecule has 0 bridgehead atoms. The van der Waals surface area contributed by atoms with E-state index in [0.717, 1.165) is 11.3 Å². The number of para-hydroxylation sites is 1. The molecule has 1 amide bonds. The molecule has 3 rings (SSSR count). The number of ether oxygens (including phenoxy) is 2. The average Bonchev–Trinajstić information content (AvgIpc) is 2.98. The van der Waals surface area contributed by atoms with E-state index >= 15 is 0 Å². The van der Waals surface area contributed by atoms with Crippen molar-refractivity contribution in [3.63, 3.8) is 0 Å². The molecule has 0 N–H and O–H groups in total. The van der Waals surface area contributed by atoms with E-state index in [0.29, 0.717) is 18.5 Å². The Labute approximate surface area is 134 Å². The van der Waals surface area contributed by atoms with Crippen molar-refractivity contribution in [3.8, 4) is 11.5 Å². The van der Waals surface area contributed by atoms with Crippen LogP contribution < -0.4 is 9.47 Å². The average molecular weight is 315 g/mol. The maximum absolute atomic E-state index is 13.7. The van der Waals surface area contributed by atoms with Gasteiger partial charge >= 0.3 is 0 Å². The van der Waals surface area contributed by atoms with Crippen molar-refractivity contribution in [2.24, 2.45) is 0 Å². The van der Waals surface area contributed by atoms with Crippen LogP contribution in [0.2, 0.25) is 0 Å². The maximum atomic E-state index is 13.7. The number of halogens is 1. The van der Waals surface area contributed by atoms with Crippen LogP contribution in [0.4, 0.5) is 4.39 Å². The molecule has 2 aromatic carbocycles. The monoisotopic (exact) mass is 315 g/mol. The van der Waals surface area contributed by atoms with E-state index < -0.39 is 11.9 Å². The second kappa shape index (κ2) is 6.28. The molecule has 1 aliphatic rings. The summed E-state index contributed by atoms with van der Waals surface area (Å²) in [6.45, 7) is 0.315. The highest BCUT2D eigenvalue weighted by molar-refractivity contribution is 5.82. The van der Waals surface area contributed by atoms with E-state index in [2.05, 4.69) is 0 Å². The molecule has 1 aliphatic heterocycles. The number of methoxy groups -OCH3 is 1. The first kappa shape index (κ1) is 15.3. The number of nitrogens with zero attached hydrogens (tertiary/aromatic N) is 1. The lowest BCUT2D eigenvalue weighted by Gasteiger charge is -2.21. The molecule has 0 spiro atoms. The van der Waals surface area contributed by atoms with Gasteiger partial charge in [0, 0.05) is 20.0 Å². The highest BCUT2D eigenvalue weighted by atomic mass is 19.1. The first-order valence-electron chi connectivity index (χ1n) is 7.40. The number of benzene rings is 2. The summed E-state index contributed by atoms with van der Waals surface area (Å²) in [4.78, 5) is 14.1. The Hall–Kier alpha value is -2.56. The summed E-state index contributed by atoms with van der Waals surface area (Å²) in [6, 6.07) is 12.3. The van der Waals surface area contributed by atoms with Gasteiger partial charge in [-0.25, -0.2) is 4.39 Å². The van der Waals surface area contributed by atoms with Crippen molar-refractivity contribution in [2.75, 3.05) is 14.2 Å². The number of amides is 1. The quantitative estimate of drug-likeness (QED) is 0.871. The molecule has 0 saturated carbocycles. The topological polar surface area (TPSA) is 38.8 Å². The van der Waals surface area contributed by atoms with Crippen LogP contribution in [-0.2, 0) is 17.8 Å². The predicted octanol–water partition coefficient (Wildman–Crippen LogP) is 2.80. The van der Waals surface area contributed by atoms with Crippen LogP contribution in [0.15, 0.2) is 42.5 Å². The van der Waals surface area contributed by atoms with Gasteiger partial charge in [-0.3, -0.25) is 4.79 Å². The fraction of sp³-hybridized carbons (Fsp3) is 0.278. The second-order valence-corrected chi connectivity index (χ2v) is 5.58. The number of likely N-dealkylation sites (N-methyl/N-ethyl adjacent to an activating group) is 1. The number of fused-ring (bicyclic) bond motifs is 1. The summed E-state index contributed by atoms with van der Waals surface area (Å²) >= 11 is 0. The standard InChI is InChI=1S/C18H18FNO3/c1-20(11-12-7-8-16(22-2)14(19)9-12)18(21)17-10-13-5-3-4-6-15(13)23-17/h3-9,17H,10-11H2,1-2H3. The van der Waals surface area contributed by atoms with Crippen molar-refractivity contribution in [1.82, 2.24) is 4.90 Å². The normalized spacial score (nSPS) is 15.7. The number of hydrogen-bond donors (Lipinski definition) is 0. The lowest BCUT2D eigenvalue weighted by molar-refractivity contribution is -0.137. The van der Waals surface area contributed by atoms with E-state index in [9.17, 15) is 9.18 Å². The summed E-state index contributed by atoms with van der Waals surface area (Å²) in [5.41, 5.74) is 1.74. The first-order chi connectivity index (χ1) is 11.1. The van der Waals surface area contributed by atoms with Gasteiger partial charge in [-0.05, 0) is 29.3 Å². The summed E-state index contributed by atoms with van der Waals surface area (Å²) in [5, 5.41) is 0. The highest BCUT2D eigenvalue weighted by Crippen LogP contribution is 2.29. The minimum atomic E-state index is -0.513. The third-order valence-electron chi connectivity index (χ3n) is 3.93. The Balaban J connectivity index is 1.66. The van der Waals surface area contributed by atoms with Gasteiger partial charge in [0.2, 0.25) is 0 Å². The van der Waals surface area contributed by atoms with Crippen LogP contribution in [0, 0.1) is 5.82 Å². The zero-order chi connectivity index (χ0) is 16.4. The molecule has 0 aromatic heterocycles. The van der Waals surface area contributed by atoms with Gasteiger partial charge < -0.3 is 14.4 Å². The molecule has 4 nitrogen and oxygen atoms in total. The van der Waals surface area contributed by atoms with Crippen molar-refractivity contribution in [2.45, 2.75) is 19.1 Å². The Morgan fingerprint density at radius 2 is 2.13 bits per heavy atom. The fourth-order valence-electron chi connectivity index (χ4n) is 2.73. The predicted molar refractivity (Wildman–Crippen MR) is 84.0 cm³/mol. The van der Waals surface area contributed by atoms with E-state index in [1.165, 1.54) is 13.2 Å². The third-order valence-corrected chi connectivity index (χ3v) is 3.93. The van der Waals surface area contributed by atoms with Gasteiger partial charge in [0.05, 0.1) is 7.11 Å². The van der Waals surface area contributed by atoms with E-state index in [-0.39, 0.29) is 11.7 Å². The van der Waals surface area contributed by atoms with Gasteiger partial charge in [-0.2, -0.15) is 0 Å². The zero-order valence-corrected chi connectivity index (χ0v) is 13.1. The zero-order valence-electron chi connectivity index (χ0n) is 13.1. The van der Waals surface area contributed by atoms with Gasteiger partial charge in [-0.1, -0.05) is 24.3 Å². The van der Waals surface area contributed by atoms with Gasteiger partial charge in [-0.15, -0.1) is 0 Å². The molecule has 1 unspecified atom stereocenters. The van der Waals surface area contributed by atoms with Crippen LogP contribution in [0.5, 0.6) is 11.5 Å². The van der Waals surface area contributed by atoms with Crippen molar-refractivity contribution >= 4 is 5.91 Å². The van der Waals surface area contributed by atoms with Crippen LogP contribution in [0.25, 0.3) is 0 Å². The molecular weight excluding hydrogens is 297 g/mol. The van der Waals surface area contributed by atoms with E-state index in [4.69, 9.17) is 9.47 Å². The number of rotatable bonds is 4. The maximum Gasteiger partial charge on any atom is 0.264 e. The highest BCUT2D eigenvalue weighted by Gasteiger charge is 2.30. The summed E-state index contributed by atoms with van der Waals surface area (Å²) < 4.78 is 24.3. The molecule has 1 heterocycles. The third kappa shape index (κ3) is 3.13. The molecule has 0 radical (unpaired) electrons. The Kier molecular flexibility index (Phi) is 4.19. The smallest absolute Gasteiger partial charge is 0.264 e. The van der Waals surface area contributed by atoms with E-state index in [1.54, 1.807) is 24.1 Å². The largest absolute Gasteiger partial charge is 0.494 e. The van der Waals surface area contributed by atoms with Crippen LogP contribution >= 0.6 is 0 Å². The first-order valence-corrected chi connectivity index (χ1v) is 7.40. The van der Waals surface area contributed by atoms with Crippen molar-refractivity contribution < 1.29 is 18.7 Å². The Morgan fingerprint density at radius 3 is 2.83 bits per heavy atom. The molecule has 1 atom stereocenters. The Morgan fingerprint density at radius 1 is 1.35 bits per heavy atom. The lowest BCUT2D eigenvalue weighted by Crippen LogP contribution is -2.38. The summed E-state index contributed by atoms with van der Waals surface area (Å²) in [7, 11) is 3.11. The van der Waals surface area contributed by atoms with E-state index in [1.807, 2.05) is 24.3 Å². The van der Waals surface area contributed by atoms with Crippen LogP contribution in [0.1, 0.15) is 11.1 Å². The molecule has 2 aromatic rings. The number of hydrogen-bond acceptors (Lipinski definition) is 3. The minimum Gasteiger partial charge on any atom is -0.494 e. The summed E-state index contributed by atoms with van der Waals surface area (Å²) in [5.74, 6) is 0.403. The molecular formula is C18H18FNO3. The number of carbonyl (C=O) groups is 1. The lowest BCUT2D eigenvalue weighted by atomic mass is 10.1. The van der Waals surface area contributed by atoms with Gasteiger partial charge in [0.15, 0.2) is 17.7 Å². The van der Waals surface area contributed by atoms with Crippen molar-refractivity contribution in [1.29, 1.82) is 0 Å². The second-order valence-electron chi connectivity index (χ2n) is 5.58. The molecule has 5 heteroatoms. The van der Waals surface area contributed by atoms with Gasteiger partial charge in [0.25, 0.3) is 5.91 Å². The van der Waals surface area contributed by atoms with Crippen LogP contribution in [-0.4, -0.2) is 31.1 Å². The van der Waals surface area contributed by atoms with Crippen molar-refractivity contribution in [3.05, 3.63) is 59.4 Å². The molecule has 120 valence electrons. The minimum absolute atomic E-state index is 0.113. The fourth-order valence-corrected chi connectivity index (χ4v) is 2.73. The number of carbonyl (C=O) groups excluding carboxylic acids is 1. The SMILES string of the molecule is COc1ccc(CN(C)C(=O)C2Cc3ccccc3O2)cc1F. The molecule has 0 saturated heterocycles. The summed E-state index contributed by atoms with van der Waals surface area (Å²) in [6.07, 6.45) is 0.0524. The molecule has 23 heavy (non-hydrogen) atoms. The molecule has 0 fully saturated rings. The molecule has 0 aliphatic carbocycles.